The van der Waals surface area contributed by atoms with Crippen molar-refractivity contribution in [2.45, 2.75) is 30.2 Å². The van der Waals surface area contributed by atoms with Gasteiger partial charge in [0.2, 0.25) is 0 Å². The van der Waals surface area contributed by atoms with Crippen LogP contribution >= 0.6 is 11.8 Å². The summed E-state index contributed by atoms with van der Waals surface area (Å²) in [4.78, 5) is 12.8. The fraction of sp³-hybridized carbons (Fsp3) is 0.533. The number of carboxylic acids is 1. The summed E-state index contributed by atoms with van der Waals surface area (Å²) < 4.78 is 5.20. The number of likely N-dealkylation sites (N-methyl/N-ethyl adjacent to an activating group) is 1. The largest absolute Gasteiger partial charge is 0.497 e. The molecule has 0 radical (unpaired) electrons. The van der Waals surface area contributed by atoms with Gasteiger partial charge in [0.25, 0.3) is 0 Å². The molecule has 0 amide bonds. The molecular weight excluding hydrogens is 274 g/mol. The second-order valence-corrected chi connectivity index (χ2v) is 6.10. The van der Waals surface area contributed by atoms with Gasteiger partial charge in [-0.3, -0.25) is 4.79 Å². The molecule has 1 unspecified atom stereocenters. The molecule has 4 nitrogen and oxygen atoms in total. The Morgan fingerprint density at radius 2 is 2.30 bits per heavy atom. The van der Waals surface area contributed by atoms with E-state index in [1.165, 1.54) is 0 Å². The van der Waals surface area contributed by atoms with Crippen LogP contribution in [0.1, 0.15) is 19.8 Å². The van der Waals surface area contributed by atoms with Gasteiger partial charge >= 0.3 is 5.97 Å². The number of rotatable bonds is 8. The van der Waals surface area contributed by atoms with Gasteiger partial charge in [-0.2, -0.15) is 0 Å². The highest BCUT2D eigenvalue weighted by atomic mass is 32.2. The molecular formula is C15H21NO3S. The second kappa shape index (κ2) is 6.50. The van der Waals surface area contributed by atoms with E-state index in [9.17, 15) is 9.90 Å². The SMILES string of the molecule is CCNC(CSc1cccc(OC)c1)(C(=O)O)C1CC1. The Morgan fingerprint density at radius 3 is 2.85 bits per heavy atom. The first-order chi connectivity index (χ1) is 9.62. The minimum absolute atomic E-state index is 0.248. The number of thioether (sulfide) groups is 1. The molecule has 0 aromatic heterocycles. The monoisotopic (exact) mass is 295 g/mol. The maximum absolute atomic E-state index is 11.7. The van der Waals surface area contributed by atoms with Crippen molar-refractivity contribution in [1.82, 2.24) is 5.32 Å². The van der Waals surface area contributed by atoms with E-state index >= 15 is 0 Å². The molecule has 0 spiro atoms. The number of nitrogens with one attached hydrogen (secondary N) is 1. The molecule has 1 atom stereocenters. The average Bonchev–Trinajstić information content (AvgIpc) is 3.28. The highest BCUT2D eigenvalue weighted by molar-refractivity contribution is 7.99. The number of hydrogen-bond donors (Lipinski definition) is 2. The molecule has 2 N–H and O–H groups in total. The summed E-state index contributed by atoms with van der Waals surface area (Å²) in [5.41, 5.74) is -0.803. The molecule has 1 aromatic rings. The topological polar surface area (TPSA) is 58.6 Å². The lowest BCUT2D eigenvalue weighted by molar-refractivity contribution is -0.144. The Kier molecular flexibility index (Phi) is 4.94. The molecule has 0 aliphatic heterocycles. The van der Waals surface area contributed by atoms with E-state index in [-0.39, 0.29) is 5.92 Å². The number of carboxylic acid groups (broad SMARTS) is 1. The zero-order valence-electron chi connectivity index (χ0n) is 11.9. The molecule has 1 aromatic carbocycles. The lowest BCUT2D eigenvalue weighted by Gasteiger charge is -2.30. The third-order valence-corrected chi connectivity index (χ3v) is 4.84. The van der Waals surface area contributed by atoms with Crippen LogP contribution in [0.25, 0.3) is 0 Å². The van der Waals surface area contributed by atoms with Crippen molar-refractivity contribution in [1.29, 1.82) is 0 Å². The summed E-state index contributed by atoms with van der Waals surface area (Å²) in [6.07, 6.45) is 2.00. The van der Waals surface area contributed by atoms with Crippen molar-refractivity contribution in [2.24, 2.45) is 5.92 Å². The van der Waals surface area contributed by atoms with E-state index in [1.54, 1.807) is 18.9 Å². The molecule has 1 aliphatic carbocycles. The predicted molar refractivity (Wildman–Crippen MR) is 80.5 cm³/mol. The summed E-state index contributed by atoms with van der Waals surface area (Å²) in [5, 5.41) is 12.8. The van der Waals surface area contributed by atoms with Crippen LogP contribution in [-0.4, -0.2) is 36.0 Å². The Balaban J connectivity index is 2.09. The maximum Gasteiger partial charge on any atom is 0.325 e. The van der Waals surface area contributed by atoms with E-state index in [2.05, 4.69) is 5.32 Å². The van der Waals surface area contributed by atoms with Crippen molar-refractivity contribution in [3.8, 4) is 5.75 Å². The third-order valence-electron chi connectivity index (χ3n) is 3.66. The zero-order chi connectivity index (χ0) is 14.6. The minimum atomic E-state index is -0.803. The van der Waals surface area contributed by atoms with Crippen LogP contribution in [0.2, 0.25) is 0 Å². The van der Waals surface area contributed by atoms with Crippen molar-refractivity contribution < 1.29 is 14.6 Å². The molecule has 110 valence electrons. The second-order valence-electron chi connectivity index (χ2n) is 5.05. The fourth-order valence-electron chi connectivity index (χ4n) is 2.40. The highest BCUT2D eigenvalue weighted by Crippen LogP contribution is 2.42. The van der Waals surface area contributed by atoms with Crippen LogP contribution in [0, 0.1) is 5.92 Å². The van der Waals surface area contributed by atoms with Gasteiger partial charge in [0.05, 0.1) is 7.11 Å². The van der Waals surface area contributed by atoms with Crippen molar-refractivity contribution in [2.75, 3.05) is 19.4 Å². The lowest BCUT2D eigenvalue weighted by Crippen LogP contribution is -2.56. The zero-order valence-corrected chi connectivity index (χ0v) is 12.7. The summed E-state index contributed by atoms with van der Waals surface area (Å²) in [7, 11) is 1.63. The van der Waals surface area contributed by atoms with Gasteiger partial charge in [-0.15, -0.1) is 11.8 Å². The predicted octanol–water partition coefficient (Wildman–Crippen LogP) is 2.63. The maximum atomic E-state index is 11.7. The summed E-state index contributed by atoms with van der Waals surface area (Å²) in [6.45, 7) is 2.62. The molecule has 0 saturated heterocycles. The Labute approximate surface area is 123 Å². The van der Waals surface area contributed by atoms with Crippen LogP contribution in [-0.2, 0) is 4.79 Å². The highest BCUT2D eigenvalue weighted by Gasteiger charge is 2.50. The molecule has 1 aliphatic rings. The van der Waals surface area contributed by atoms with Crippen molar-refractivity contribution >= 4 is 17.7 Å². The smallest absolute Gasteiger partial charge is 0.325 e. The van der Waals surface area contributed by atoms with E-state index in [1.807, 2.05) is 31.2 Å². The van der Waals surface area contributed by atoms with Gasteiger partial charge in [-0.05, 0) is 43.5 Å². The van der Waals surface area contributed by atoms with E-state index < -0.39 is 11.5 Å². The van der Waals surface area contributed by atoms with Gasteiger partial charge in [-0.1, -0.05) is 13.0 Å². The molecule has 20 heavy (non-hydrogen) atoms. The molecule has 2 rings (SSSR count). The van der Waals surface area contributed by atoms with E-state index in [0.29, 0.717) is 12.3 Å². The minimum Gasteiger partial charge on any atom is -0.497 e. The molecule has 0 heterocycles. The standard InChI is InChI=1S/C15H21NO3S/c1-3-16-15(14(17)18,11-7-8-11)10-20-13-6-4-5-12(9-13)19-2/h4-6,9,11,16H,3,7-8,10H2,1-2H3,(H,17,18). The number of ether oxygens (including phenoxy) is 1. The number of aliphatic carboxylic acids is 1. The Morgan fingerprint density at radius 1 is 1.55 bits per heavy atom. The van der Waals surface area contributed by atoms with Crippen LogP contribution in [0.4, 0.5) is 0 Å². The van der Waals surface area contributed by atoms with Gasteiger partial charge in [0, 0.05) is 10.6 Å². The Hall–Kier alpha value is -1.20. The van der Waals surface area contributed by atoms with Crippen molar-refractivity contribution in [3.63, 3.8) is 0 Å². The van der Waals surface area contributed by atoms with Gasteiger partial charge in [-0.25, -0.2) is 0 Å². The molecule has 1 fully saturated rings. The normalized spacial score (nSPS) is 17.5. The molecule has 5 heteroatoms. The lowest BCUT2D eigenvalue weighted by atomic mass is 9.96. The number of methoxy groups -OCH3 is 1. The van der Waals surface area contributed by atoms with Crippen LogP contribution < -0.4 is 10.1 Å². The molecule has 1 saturated carbocycles. The number of carbonyl (C=O) groups is 1. The van der Waals surface area contributed by atoms with Gasteiger partial charge in [0.1, 0.15) is 11.3 Å². The van der Waals surface area contributed by atoms with E-state index in [4.69, 9.17) is 4.74 Å². The summed E-state index contributed by atoms with van der Waals surface area (Å²) in [5.74, 6) is 0.842. The number of benzene rings is 1. The fourth-order valence-corrected chi connectivity index (χ4v) is 3.63. The first kappa shape index (κ1) is 15.2. The quantitative estimate of drug-likeness (QED) is 0.722. The van der Waals surface area contributed by atoms with Gasteiger partial charge < -0.3 is 15.2 Å². The van der Waals surface area contributed by atoms with E-state index in [0.717, 1.165) is 23.5 Å². The van der Waals surface area contributed by atoms with Crippen molar-refractivity contribution in [3.05, 3.63) is 24.3 Å². The summed E-state index contributed by atoms with van der Waals surface area (Å²) >= 11 is 1.57. The van der Waals surface area contributed by atoms with Crippen LogP contribution in [0.3, 0.4) is 0 Å². The number of hydrogen-bond acceptors (Lipinski definition) is 4. The first-order valence-corrected chi connectivity index (χ1v) is 7.86. The third kappa shape index (κ3) is 3.27. The summed E-state index contributed by atoms with van der Waals surface area (Å²) in [6, 6.07) is 7.74. The van der Waals surface area contributed by atoms with Crippen LogP contribution in [0.15, 0.2) is 29.2 Å². The Bertz CT molecular complexity index is 476. The first-order valence-electron chi connectivity index (χ1n) is 6.87. The average molecular weight is 295 g/mol. The van der Waals surface area contributed by atoms with Gasteiger partial charge in [0.15, 0.2) is 0 Å². The van der Waals surface area contributed by atoms with Crippen LogP contribution in [0.5, 0.6) is 5.75 Å². The molecule has 0 bridgehead atoms.